The smallest absolute Gasteiger partial charge is 0.462 e. The summed E-state index contributed by atoms with van der Waals surface area (Å²) in [4.78, 5) is 72.4. The molecule has 0 saturated heterocycles. The Labute approximate surface area is 524 Å². The van der Waals surface area contributed by atoms with Crippen LogP contribution in [0.4, 0.5) is 0 Å². The molecule has 0 rings (SSSR count). The molecule has 0 aliphatic carbocycles. The highest BCUT2D eigenvalue weighted by Gasteiger charge is 2.30. The first-order chi connectivity index (χ1) is 41.1. The number of aliphatic hydroxyl groups excluding tert-OH is 1. The Bertz CT molecular complexity index is 1710. The fraction of sp³-hybridized carbons (Fsp3) is 0.940. The van der Waals surface area contributed by atoms with Gasteiger partial charge in [0.15, 0.2) is 12.2 Å². The zero-order valence-electron chi connectivity index (χ0n) is 55.9. The lowest BCUT2D eigenvalue weighted by atomic mass is 10.0. The molecule has 0 aromatic rings. The first-order valence-electron chi connectivity index (χ1n) is 34.7. The first-order valence-corrected chi connectivity index (χ1v) is 37.7. The van der Waals surface area contributed by atoms with Gasteiger partial charge in [0, 0.05) is 25.7 Å². The van der Waals surface area contributed by atoms with E-state index in [1.54, 1.807) is 0 Å². The number of unbranched alkanes of at least 4 members (excludes halogenated alkanes) is 30. The van der Waals surface area contributed by atoms with Crippen LogP contribution in [0.25, 0.3) is 0 Å². The molecule has 0 aliphatic rings. The second kappa shape index (κ2) is 57.0. The maximum Gasteiger partial charge on any atom is 0.472 e. The minimum absolute atomic E-state index is 0.103. The number of rotatable bonds is 64. The van der Waals surface area contributed by atoms with Crippen molar-refractivity contribution in [3.63, 3.8) is 0 Å². The lowest BCUT2D eigenvalue weighted by Crippen LogP contribution is -2.30. The van der Waals surface area contributed by atoms with Gasteiger partial charge in [-0.3, -0.25) is 37.3 Å². The van der Waals surface area contributed by atoms with Gasteiger partial charge in [-0.1, -0.05) is 274 Å². The van der Waals surface area contributed by atoms with Gasteiger partial charge in [-0.2, -0.15) is 0 Å². The van der Waals surface area contributed by atoms with Crippen LogP contribution in [0.3, 0.4) is 0 Å². The van der Waals surface area contributed by atoms with E-state index in [9.17, 15) is 43.2 Å². The molecule has 0 bridgehead atoms. The van der Waals surface area contributed by atoms with Crippen LogP contribution in [0.2, 0.25) is 0 Å². The molecule has 17 nitrogen and oxygen atoms in total. The van der Waals surface area contributed by atoms with Crippen molar-refractivity contribution >= 4 is 39.5 Å². The third-order valence-corrected chi connectivity index (χ3v) is 17.2. The number of phosphoric ester groups is 2. The third-order valence-electron chi connectivity index (χ3n) is 15.3. The lowest BCUT2D eigenvalue weighted by molar-refractivity contribution is -0.161. The van der Waals surface area contributed by atoms with Crippen molar-refractivity contribution in [2.45, 2.75) is 343 Å². The second-order valence-corrected chi connectivity index (χ2v) is 29.0. The van der Waals surface area contributed by atoms with E-state index in [-0.39, 0.29) is 25.7 Å². The van der Waals surface area contributed by atoms with Crippen molar-refractivity contribution < 1.29 is 80.2 Å². The Hall–Kier alpha value is -1.94. The Morgan fingerprint density at radius 1 is 0.291 bits per heavy atom. The third kappa shape index (κ3) is 60.9. The number of esters is 4. The predicted octanol–water partition coefficient (Wildman–Crippen LogP) is 18.5. The van der Waals surface area contributed by atoms with Crippen LogP contribution < -0.4 is 0 Å². The maximum absolute atomic E-state index is 13.0. The summed E-state index contributed by atoms with van der Waals surface area (Å²) in [5, 5.41) is 10.6. The van der Waals surface area contributed by atoms with Crippen LogP contribution in [-0.4, -0.2) is 96.7 Å². The molecule has 0 aromatic heterocycles. The molecule has 3 N–H and O–H groups in total. The number of hydrogen-bond acceptors (Lipinski definition) is 15. The molecule has 510 valence electrons. The van der Waals surface area contributed by atoms with Crippen LogP contribution in [0, 0.1) is 23.7 Å². The SMILES string of the molecule is CC(C)CCCCCCCCCCCCC(=O)O[C@H](COC(=O)CCCCCCCCCCC(C)C)COP(=O)(O)OCC(O)COP(=O)(O)OC[C@@H](COC(=O)CCCCCCCCCCC(C)C)OC(=O)CCCCCCCCCCC(C)C. The van der Waals surface area contributed by atoms with Crippen LogP contribution in [-0.2, 0) is 65.4 Å². The fourth-order valence-corrected chi connectivity index (χ4v) is 11.5. The van der Waals surface area contributed by atoms with Crippen LogP contribution >= 0.6 is 15.6 Å². The van der Waals surface area contributed by atoms with Gasteiger partial charge >= 0.3 is 39.5 Å². The van der Waals surface area contributed by atoms with Crippen molar-refractivity contribution in [3.8, 4) is 0 Å². The van der Waals surface area contributed by atoms with E-state index in [0.29, 0.717) is 25.7 Å². The van der Waals surface area contributed by atoms with Crippen LogP contribution in [0.1, 0.15) is 325 Å². The molecule has 0 spiro atoms. The first kappa shape index (κ1) is 84.1. The van der Waals surface area contributed by atoms with Crippen molar-refractivity contribution in [3.05, 3.63) is 0 Å². The van der Waals surface area contributed by atoms with Crippen LogP contribution in [0.15, 0.2) is 0 Å². The van der Waals surface area contributed by atoms with Gasteiger partial charge < -0.3 is 33.8 Å². The number of carbonyl (C=O) groups is 4. The summed E-state index contributed by atoms with van der Waals surface area (Å²) < 4.78 is 68.1. The molecule has 3 unspecified atom stereocenters. The number of aliphatic hydroxyl groups is 1. The van der Waals surface area contributed by atoms with Crippen molar-refractivity contribution in [1.29, 1.82) is 0 Å². The Morgan fingerprint density at radius 2 is 0.488 bits per heavy atom. The predicted molar refractivity (Wildman–Crippen MR) is 344 cm³/mol. The molecule has 0 fully saturated rings. The topological polar surface area (TPSA) is 237 Å². The van der Waals surface area contributed by atoms with Crippen LogP contribution in [0.5, 0.6) is 0 Å². The van der Waals surface area contributed by atoms with Gasteiger partial charge in [-0.05, 0) is 49.4 Å². The van der Waals surface area contributed by atoms with E-state index in [1.807, 2.05) is 0 Å². The average molecular weight is 1270 g/mol. The number of hydrogen-bond donors (Lipinski definition) is 3. The van der Waals surface area contributed by atoms with Gasteiger partial charge in [0.05, 0.1) is 26.4 Å². The summed E-state index contributed by atoms with van der Waals surface area (Å²) in [5.41, 5.74) is 0. The van der Waals surface area contributed by atoms with E-state index >= 15 is 0 Å². The maximum atomic E-state index is 13.0. The highest BCUT2D eigenvalue weighted by atomic mass is 31.2. The van der Waals surface area contributed by atoms with Crippen molar-refractivity contribution in [1.82, 2.24) is 0 Å². The molecule has 0 aliphatic heterocycles. The van der Waals surface area contributed by atoms with E-state index < -0.39 is 97.5 Å². The van der Waals surface area contributed by atoms with Gasteiger partial charge in [0.1, 0.15) is 19.3 Å². The van der Waals surface area contributed by atoms with E-state index in [4.69, 9.17) is 37.0 Å². The molecule has 86 heavy (non-hydrogen) atoms. The quantitative estimate of drug-likeness (QED) is 0.0222. The zero-order valence-corrected chi connectivity index (χ0v) is 57.7. The molecule has 0 heterocycles. The minimum atomic E-state index is -4.95. The summed E-state index contributed by atoms with van der Waals surface area (Å²) in [6.07, 6.45) is 37.7. The van der Waals surface area contributed by atoms with Gasteiger partial charge in [-0.25, -0.2) is 9.13 Å². The Morgan fingerprint density at radius 3 is 0.721 bits per heavy atom. The molecule has 0 amide bonds. The monoisotopic (exact) mass is 1270 g/mol. The van der Waals surface area contributed by atoms with E-state index in [2.05, 4.69) is 55.4 Å². The Kier molecular flexibility index (Phi) is 55.7. The molecular weight excluding hydrogens is 1140 g/mol. The standard InChI is InChI=1S/C67H130O17P2/c1-57(2)43-35-27-19-11-9-10-12-25-33-41-49-66(71)83-62(53-77-64(69)47-39-31-23-16-13-20-28-36-44-58(3)4)55-81-85(73,74)79-51-61(68)52-80-86(75,76)82-56-63(84-67(72)50-42-34-26-18-15-22-30-38-46-60(7)8)54-78-65(70)48-40-32-24-17-14-21-29-37-45-59(5)6/h57-63,68H,9-56H2,1-8H3,(H,73,74)(H,75,76)/t61?,62-,63-/m1/s1. The summed E-state index contributed by atoms with van der Waals surface area (Å²) in [5.74, 6) is 0.787. The summed E-state index contributed by atoms with van der Waals surface area (Å²) >= 11 is 0. The lowest BCUT2D eigenvalue weighted by Gasteiger charge is -2.21. The molecule has 0 aromatic carbocycles. The highest BCUT2D eigenvalue weighted by Crippen LogP contribution is 2.45. The molecule has 0 saturated carbocycles. The highest BCUT2D eigenvalue weighted by molar-refractivity contribution is 7.47. The summed E-state index contributed by atoms with van der Waals surface area (Å²) in [7, 11) is -9.90. The largest absolute Gasteiger partial charge is 0.472 e. The van der Waals surface area contributed by atoms with Crippen molar-refractivity contribution in [2.24, 2.45) is 23.7 Å². The number of ether oxygens (including phenoxy) is 4. The molecule has 5 atom stereocenters. The summed E-state index contributed by atoms with van der Waals surface area (Å²) in [6.45, 7) is 14.0. The number of phosphoric acid groups is 2. The second-order valence-electron chi connectivity index (χ2n) is 26.1. The van der Waals surface area contributed by atoms with Crippen molar-refractivity contribution in [2.75, 3.05) is 39.6 Å². The van der Waals surface area contributed by atoms with Gasteiger partial charge in [0.2, 0.25) is 0 Å². The molecule has 0 radical (unpaired) electrons. The normalized spacial score (nSPS) is 14.4. The minimum Gasteiger partial charge on any atom is -0.462 e. The van der Waals surface area contributed by atoms with E-state index in [0.717, 1.165) is 114 Å². The number of carbonyl (C=O) groups excluding carboxylic acids is 4. The van der Waals surface area contributed by atoms with Gasteiger partial charge in [-0.15, -0.1) is 0 Å². The van der Waals surface area contributed by atoms with Gasteiger partial charge in [0.25, 0.3) is 0 Å². The zero-order chi connectivity index (χ0) is 63.9. The summed E-state index contributed by atoms with van der Waals surface area (Å²) in [6, 6.07) is 0. The fourth-order valence-electron chi connectivity index (χ4n) is 9.96. The molecular formula is C67H130O17P2. The van der Waals surface area contributed by atoms with E-state index in [1.165, 1.54) is 128 Å². The molecule has 19 heteroatoms. The average Bonchev–Trinajstić information content (AvgIpc) is 3.66. The Balaban J connectivity index is 5.26.